The molecular weight excluding hydrogens is 288 g/mol. The van der Waals surface area contributed by atoms with Gasteiger partial charge < -0.3 is 14.9 Å². The van der Waals surface area contributed by atoms with E-state index in [-0.39, 0.29) is 0 Å². The van der Waals surface area contributed by atoms with Crippen LogP contribution in [0.4, 0.5) is 0 Å². The molecule has 1 aromatic rings. The molecule has 1 aliphatic rings. The van der Waals surface area contributed by atoms with Gasteiger partial charge in [0.2, 0.25) is 0 Å². The summed E-state index contributed by atoms with van der Waals surface area (Å²) in [6.07, 6.45) is 0.935. The first kappa shape index (κ1) is 12.4. The third-order valence-electron chi connectivity index (χ3n) is 2.68. The van der Waals surface area contributed by atoms with Gasteiger partial charge >= 0.3 is 5.97 Å². The Balaban J connectivity index is 2.07. The number of rotatable bonds is 5. The van der Waals surface area contributed by atoms with E-state index in [9.17, 15) is 9.90 Å². The fourth-order valence-corrected chi connectivity index (χ4v) is 1.95. The predicted octanol–water partition coefficient (Wildman–Crippen LogP) is 2.36. The quantitative estimate of drug-likeness (QED) is 0.876. The van der Waals surface area contributed by atoms with Crippen molar-refractivity contribution in [3.63, 3.8) is 0 Å². The number of aliphatic carboxylic acids is 1. The Labute approximate surface area is 107 Å². The fourth-order valence-electron chi connectivity index (χ4n) is 1.44. The number of hydrogen-bond acceptors (Lipinski definition) is 3. The second-order valence-electron chi connectivity index (χ2n) is 4.19. The molecule has 92 valence electrons. The molecule has 1 aliphatic carbocycles. The van der Waals surface area contributed by atoms with Crippen molar-refractivity contribution in [2.24, 2.45) is 5.92 Å². The smallest absolute Gasteiger partial charge is 0.337 e. The first-order valence-electron chi connectivity index (χ1n) is 5.41. The topological polar surface area (TPSA) is 66.8 Å². The normalized spacial score (nSPS) is 16.6. The molecule has 0 aliphatic heterocycles. The molecule has 1 saturated carbocycles. The van der Waals surface area contributed by atoms with Crippen LogP contribution < -0.4 is 4.74 Å². The highest BCUT2D eigenvalue weighted by atomic mass is 79.9. The van der Waals surface area contributed by atoms with E-state index in [1.165, 1.54) is 12.8 Å². The van der Waals surface area contributed by atoms with Crippen molar-refractivity contribution >= 4 is 21.9 Å². The molecule has 1 unspecified atom stereocenters. The lowest BCUT2D eigenvalue weighted by molar-refractivity contribution is -0.146. The molecule has 0 amide bonds. The van der Waals surface area contributed by atoms with Gasteiger partial charge in [0.1, 0.15) is 5.75 Å². The molecule has 1 atom stereocenters. The van der Waals surface area contributed by atoms with Crippen LogP contribution in [0.1, 0.15) is 24.5 Å². The lowest BCUT2D eigenvalue weighted by Gasteiger charge is -2.10. The highest BCUT2D eigenvalue weighted by molar-refractivity contribution is 9.10. The minimum absolute atomic E-state index is 0.336. The first-order chi connectivity index (χ1) is 8.08. The molecule has 4 nitrogen and oxygen atoms in total. The van der Waals surface area contributed by atoms with Gasteiger partial charge in [0.25, 0.3) is 0 Å². The van der Waals surface area contributed by atoms with Crippen LogP contribution in [0.15, 0.2) is 22.7 Å². The number of carboxylic acids is 1. The summed E-state index contributed by atoms with van der Waals surface area (Å²) in [6.45, 7) is 0.694. The predicted molar refractivity (Wildman–Crippen MR) is 65.0 cm³/mol. The van der Waals surface area contributed by atoms with E-state index in [0.29, 0.717) is 28.3 Å². The van der Waals surface area contributed by atoms with E-state index >= 15 is 0 Å². The molecule has 2 rings (SSSR count). The molecule has 5 heteroatoms. The summed E-state index contributed by atoms with van der Waals surface area (Å²) in [7, 11) is 0. The number of aliphatic hydroxyl groups is 1. The van der Waals surface area contributed by atoms with E-state index in [1.807, 2.05) is 0 Å². The summed E-state index contributed by atoms with van der Waals surface area (Å²) < 4.78 is 6.24. The molecule has 0 heterocycles. The van der Waals surface area contributed by atoms with Gasteiger partial charge in [0.05, 0.1) is 11.1 Å². The van der Waals surface area contributed by atoms with Crippen molar-refractivity contribution in [1.29, 1.82) is 0 Å². The Morgan fingerprint density at radius 3 is 2.76 bits per heavy atom. The summed E-state index contributed by atoms with van der Waals surface area (Å²) in [4.78, 5) is 10.6. The van der Waals surface area contributed by atoms with Crippen LogP contribution in [0.25, 0.3) is 0 Å². The third kappa shape index (κ3) is 3.20. The zero-order chi connectivity index (χ0) is 12.4. The Kier molecular flexibility index (Phi) is 3.69. The maximum Gasteiger partial charge on any atom is 0.337 e. The van der Waals surface area contributed by atoms with Gasteiger partial charge in [-0.1, -0.05) is 6.07 Å². The average molecular weight is 301 g/mol. The van der Waals surface area contributed by atoms with Crippen molar-refractivity contribution in [1.82, 2.24) is 0 Å². The van der Waals surface area contributed by atoms with Crippen molar-refractivity contribution in [3.8, 4) is 5.75 Å². The summed E-state index contributed by atoms with van der Waals surface area (Å²) in [6, 6.07) is 4.81. The summed E-state index contributed by atoms with van der Waals surface area (Å²) in [5.74, 6) is 0.0768. The van der Waals surface area contributed by atoms with E-state index in [4.69, 9.17) is 9.84 Å². The van der Waals surface area contributed by atoms with Crippen molar-refractivity contribution < 1.29 is 19.7 Å². The van der Waals surface area contributed by atoms with Crippen LogP contribution in [0.2, 0.25) is 0 Å². The molecule has 1 fully saturated rings. The largest absolute Gasteiger partial charge is 0.492 e. The van der Waals surface area contributed by atoms with Crippen LogP contribution >= 0.6 is 15.9 Å². The monoisotopic (exact) mass is 300 g/mol. The standard InChI is InChI=1S/C12H13BrO4/c13-9-5-8(11(14)12(15)16)3-4-10(9)17-6-7-1-2-7/h3-5,7,11,14H,1-2,6H2,(H,15,16). The number of carboxylic acid groups (broad SMARTS) is 1. The van der Waals surface area contributed by atoms with Crippen molar-refractivity contribution in [2.75, 3.05) is 6.61 Å². The molecule has 0 radical (unpaired) electrons. The van der Waals surface area contributed by atoms with Crippen molar-refractivity contribution in [2.45, 2.75) is 18.9 Å². The van der Waals surface area contributed by atoms with Gasteiger partial charge in [-0.15, -0.1) is 0 Å². The minimum atomic E-state index is -1.50. The SMILES string of the molecule is O=C(O)C(O)c1ccc(OCC2CC2)c(Br)c1. The molecule has 0 aromatic heterocycles. The number of halogens is 1. The number of benzene rings is 1. The van der Waals surface area contributed by atoms with E-state index in [0.717, 1.165) is 0 Å². The summed E-state index contributed by atoms with van der Waals surface area (Å²) in [5.41, 5.74) is 0.336. The van der Waals surface area contributed by atoms with Gasteiger partial charge in [-0.2, -0.15) is 0 Å². The van der Waals surface area contributed by atoms with Crippen LogP contribution in [0, 0.1) is 5.92 Å². The Morgan fingerprint density at radius 2 is 2.24 bits per heavy atom. The lowest BCUT2D eigenvalue weighted by Crippen LogP contribution is -2.10. The minimum Gasteiger partial charge on any atom is -0.492 e. The Bertz CT molecular complexity index is 429. The molecule has 0 saturated heterocycles. The van der Waals surface area contributed by atoms with E-state index in [1.54, 1.807) is 18.2 Å². The average Bonchev–Trinajstić information content (AvgIpc) is 3.10. The summed E-state index contributed by atoms with van der Waals surface area (Å²) >= 11 is 3.31. The molecule has 0 bridgehead atoms. The number of hydrogen-bond donors (Lipinski definition) is 2. The summed E-state index contributed by atoms with van der Waals surface area (Å²) in [5, 5.41) is 18.1. The highest BCUT2D eigenvalue weighted by Crippen LogP contribution is 2.33. The van der Waals surface area contributed by atoms with Crippen LogP contribution in [0.5, 0.6) is 5.75 Å². The Hall–Kier alpha value is -1.07. The Morgan fingerprint density at radius 1 is 1.53 bits per heavy atom. The van der Waals surface area contributed by atoms with E-state index in [2.05, 4.69) is 15.9 Å². The van der Waals surface area contributed by atoms with Gasteiger partial charge in [-0.3, -0.25) is 0 Å². The zero-order valence-corrected chi connectivity index (χ0v) is 10.7. The first-order valence-corrected chi connectivity index (χ1v) is 6.20. The lowest BCUT2D eigenvalue weighted by atomic mass is 10.1. The van der Waals surface area contributed by atoms with Crippen LogP contribution in [0.3, 0.4) is 0 Å². The van der Waals surface area contributed by atoms with E-state index < -0.39 is 12.1 Å². The van der Waals surface area contributed by atoms with Crippen molar-refractivity contribution in [3.05, 3.63) is 28.2 Å². The third-order valence-corrected chi connectivity index (χ3v) is 3.30. The second-order valence-corrected chi connectivity index (χ2v) is 5.04. The molecule has 1 aromatic carbocycles. The molecule has 17 heavy (non-hydrogen) atoms. The number of aliphatic hydroxyl groups excluding tert-OH is 1. The molecule has 0 spiro atoms. The molecular formula is C12H13BrO4. The van der Waals surface area contributed by atoms with Gasteiger partial charge in [0.15, 0.2) is 6.10 Å². The molecule has 2 N–H and O–H groups in total. The maximum atomic E-state index is 10.6. The second kappa shape index (κ2) is 5.06. The van der Waals surface area contributed by atoms with Gasteiger partial charge in [0, 0.05) is 0 Å². The number of ether oxygens (including phenoxy) is 1. The zero-order valence-electron chi connectivity index (χ0n) is 9.10. The maximum absolute atomic E-state index is 10.6. The highest BCUT2D eigenvalue weighted by Gasteiger charge is 2.22. The van der Waals surface area contributed by atoms with Crippen LogP contribution in [-0.2, 0) is 4.79 Å². The van der Waals surface area contributed by atoms with Gasteiger partial charge in [-0.25, -0.2) is 4.79 Å². The number of carbonyl (C=O) groups is 1. The van der Waals surface area contributed by atoms with Gasteiger partial charge in [-0.05, 0) is 52.4 Å². The van der Waals surface area contributed by atoms with Crippen LogP contribution in [-0.4, -0.2) is 22.8 Å². The fraction of sp³-hybridized carbons (Fsp3) is 0.417.